The van der Waals surface area contributed by atoms with Crippen molar-refractivity contribution in [2.24, 2.45) is 0 Å². The van der Waals surface area contributed by atoms with Gasteiger partial charge in [0.1, 0.15) is 11.6 Å². The fourth-order valence-electron chi connectivity index (χ4n) is 2.21. The fraction of sp³-hybridized carbons (Fsp3) is 0.118. The third-order valence-corrected chi connectivity index (χ3v) is 3.31. The van der Waals surface area contributed by atoms with E-state index in [0.29, 0.717) is 11.4 Å². The molecule has 0 atom stereocenters. The summed E-state index contributed by atoms with van der Waals surface area (Å²) in [5, 5.41) is 6.92. The molecule has 1 aromatic heterocycles. The summed E-state index contributed by atoms with van der Waals surface area (Å²) < 4.78 is 14.7. The molecule has 0 fully saturated rings. The Hall–Kier alpha value is -3.02. The normalized spacial score (nSPS) is 10.5. The summed E-state index contributed by atoms with van der Waals surface area (Å²) >= 11 is 0. The third-order valence-electron chi connectivity index (χ3n) is 3.31. The highest BCUT2D eigenvalue weighted by Crippen LogP contribution is 2.09. The van der Waals surface area contributed by atoms with Crippen LogP contribution in [0.5, 0.6) is 0 Å². The fourth-order valence-corrected chi connectivity index (χ4v) is 2.21. The molecule has 0 saturated carbocycles. The van der Waals surface area contributed by atoms with Crippen molar-refractivity contribution in [2.75, 3.05) is 0 Å². The molecule has 1 amide bonds. The first kappa shape index (κ1) is 14.9. The zero-order valence-corrected chi connectivity index (χ0v) is 12.5. The first-order valence-electron chi connectivity index (χ1n) is 7.15. The standard InChI is InChI=1S/C17H15FN4O/c1-12-20-16(21-22(12)15-8-3-2-4-9-15)17(23)19-11-13-6-5-7-14(18)10-13/h2-10H,11H2,1H3,(H,19,23). The van der Waals surface area contributed by atoms with Crippen LogP contribution < -0.4 is 5.32 Å². The first-order valence-corrected chi connectivity index (χ1v) is 7.15. The van der Waals surface area contributed by atoms with Gasteiger partial charge in [-0.2, -0.15) is 0 Å². The van der Waals surface area contributed by atoms with Crippen molar-refractivity contribution >= 4 is 5.91 Å². The van der Waals surface area contributed by atoms with Gasteiger partial charge in [-0.1, -0.05) is 30.3 Å². The molecule has 23 heavy (non-hydrogen) atoms. The Morgan fingerprint density at radius 3 is 2.70 bits per heavy atom. The Morgan fingerprint density at radius 2 is 1.96 bits per heavy atom. The van der Waals surface area contributed by atoms with E-state index in [9.17, 15) is 9.18 Å². The van der Waals surface area contributed by atoms with E-state index < -0.39 is 5.91 Å². The molecule has 2 aromatic carbocycles. The first-order chi connectivity index (χ1) is 11.1. The lowest BCUT2D eigenvalue weighted by atomic mass is 10.2. The molecule has 6 heteroatoms. The molecule has 1 heterocycles. The van der Waals surface area contributed by atoms with E-state index in [-0.39, 0.29) is 18.2 Å². The largest absolute Gasteiger partial charge is 0.345 e. The lowest BCUT2D eigenvalue weighted by Crippen LogP contribution is -2.24. The average molecular weight is 310 g/mol. The summed E-state index contributed by atoms with van der Waals surface area (Å²) in [4.78, 5) is 16.3. The summed E-state index contributed by atoms with van der Waals surface area (Å²) in [6.45, 7) is 2.00. The predicted octanol–water partition coefficient (Wildman–Crippen LogP) is 2.64. The van der Waals surface area contributed by atoms with Crippen molar-refractivity contribution in [1.82, 2.24) is 20.1 Å². The molecule has 3 rings (SSSR count). The molecule has 0 radical (unpaired) electrons. The maximum atomic E-state index is 13.1. The minimum absolute atomic E-state index is 0.0859. The zero-order valence-electron chi connectivity index (χ0n) is 12.5. The van der Waals surface area contributed by atoms with E-state index in [2.05, 4.69) is 15.4 Å². The predicted molar refractivity (Wildman–Crippen MR) is 83.7 cm³/mol. The van der Waals surface area contributed by atoms with Crippen LogP contribution in [0.15, 0.2) is 54.6 Å². The van der Waals surface area contributed by atoms with E-state index in [1.807, 2.05) is 30.3 Å². The van der Waals surface area contributed by atoms with Crippen LogP contribution >= 0.6 is 0 Å². The lowest BCUT2D eigenvalue weighted by Gasteiger charge is -2.03. The maximum absolute atomic E-state index is 13.1. The number of hydrogen-bond donors (Lipinski definition) is 1. The van der Waals surface area contributed by atoms with Crippen LogP contribution in [0, 0.1) is 12.7 Å². The van der Waals surface area contributed by atoms with Gasteiger partial charge in [-0.15, -0.1) is 5.10 Å². The quantitative estimate of drug-likeness (QED) is 0.806. The number of benzene rings is 2. The molecular weight excluding hydrogens is 295 g/mol. The van der Waals surface area contributed by atoms with Crippen molar-refractivity contribution in [3.8, 4) is 5.69 Å². The van der Waals surface area contributed by atoms with Gasteiger partial charge in [0, 0.05) is 6.54 Å². The summed E-state index contributed by atoms with van der Waals surface area (Å²) in [6, 6.07) is 15.5. The topological polar surface area (TPSA) is 59.8 Å². The minimum atomic E-state index is -0.396. The SMILES string of the molecule is Cc1nc(C(=O)NCc2cccc(F)c2)nn1-c1ccccc1. The van der Waals surface area contributed by atoms with E-state index in [4.69, 9.17) is 0 Å². The maximum Gasteiger partial charge on any atom is 0.291 e. The molecule has 0 bridgehead atoms. The molecule has 1 N–H and O–H groups in total. The molecule has 0 saturated heterocycles. The van der Waals surface area contributed by atoms with E-state index >= 15 is 0 Å². The van der Waals surface area contributed by atoms with Crippen molar-refractivity contribution < 1.29 is 9.18 Å². The van der Waals surface area contributed by atoms with Crippen molar-refractivity contribution in [3.63, 3.8) is 0 Å². The Labute approximate surface area is 132 Å². The Morgan fingerprint density at radius 1 is 1.17 bits per heavy atom. The molecule has 0 aliphatic heterocycles. The van der Waals surface area contributed by atoms with Crippen LogP contribution in [0.1, 0.15) is 22.0 Å². The second-order valence-electron chi connectivity index (χ2n) is 5.04. The van der Waals surface area contributed by atoms with Crippen molar-refractivity contribution in [3.05, 3.63) is 77.6 Å². The number of amides is 1. The Balaban J connectivity index is 1.73. The Kier molecular flexibility index (Phi) is 4.14. The van der Waals surface area contributed by atoms with Crippen LogP contribution in [-0.2, 0) is 6.54 Å². The van der Waals surface area contributed by atoms with Crippen LogP contribution in [0.4, 0.5) is 4.39 Å². The molecule has 0 aliphatic carbocycles. The second-order valence-corrected chi connectivity index (χ2v) is 5.04. The van der Waals surface area contributed by atoms with Gasteiger partial charge in [0.15, 0.2) is 0 Å². The lowest BCUT2D eigenvalue weighted by molar-refractivity contribution is 0.0940. The number of carbonyl (C=O) groups is 1. The number of aromatic nitrogens is 3. The molecule has 0 unspecified atom stereocenters. The van der Waals surface area contributed by atoms with Crippen molar-refractivity contribution in [2.45, 2.75) is 13.5 Å². The van der Waals surface area contributed by atoms with E-state index in [0.717, 1.165) is 5.69 Å². The third kappa shape index (κ3) is 3.42. The van der Waals surface area contributed by atoms with Gasteiger partial charge < -0.3 is 5.32 Å². The van der Waals surface area contributed by atoms with Gasteiger partial charge >= 0.3 is 0 Å². The smallest absolute Gasteiger partial charge is 0.291 e. The number of nitrogens with one attached hydrogen (secondary N) is 1. The number of aryl methyl sites for hydroxylation is 1. The van der Waals surface area contributed by atoms with Gasteiger partial charge in [-0.3, -0.25) is 4.79 Å². The number of halogens is 1. The van der Waals surface area contributed by atoms with Gasteiger partial charge in [0.2, 0.25) is 5.82 Å². The van der Waals surface area contributed by atoms with E-state index in [1.54, 1.807) is 23.7 Å². The summed E-state index contributed by atoms with van der Waals surface area (Å²) in [7, 11) is 0. The van der Waals surface area contributed by atoms with Crippen LogP contribution in [0.25, 0.3) is 5.69 Å². The average Bonchev–Trinajstić information content (AvgIpc) is 2.95. The minimum Gasteiger partial charge on any atom is -0.345 e. The summed E-state index contributed by atoms with van der Waals surface area (Å²) in [5.74, 6) is -0.0269. The number of nitrogens with zero attached hydrogens (tertiary/aromatic N) is 3. The number of hydrogen-bond acceptors (Lipinski definition) is 3. The van der Waals surface area contributed by atoms with Gasteiger partial charge in [-0.25, -0.2) is 14.1 Å². The van der Waals surface area contributed by atoms with Crippen LogP contribution in [-0.4, -0.2) is 20.7 Å². The van der Waals surface area contributed by atoms with Gasteiger partial charge in [0.25, 0.3) is 5.91 Å². The van der Waals surface area contributed by atoms with Crippen molar-refractivity contribution in [1.29, 1.82) is 0 Å². The van der Waals surface area contributed by atoms with Gasteiger partial charge in [-0.05, 0) is 36.8 Å². The highest BCUT2D eigenvalue weighted by molar-refractivity contribution is 5.90. The highest BCUT2D eigenvalue weighted by Gasteiger charge is 2.14. The van der Waals surface area contributed by atoms with Gasteiger partial charge in [0.05, 0.1) is 5.69 Å². The molecule has 0 spiro atoms. The summed E-state index contributed by atoms with van der Waals surface area (Å²) in [6.07, 6.45) is 0. The number of para-hydroxylation sites is 1. The highest BCUT2D eigenvalue weighted by atomic mass is 19.1. The Bertz CT molecular complexity index is 830. The summed E-state index contributed by atoms with van der Waals surface area (Å²) in [5.41, 5.74) is 1.51. The zero-order chi connectivity index (χ0) is 16.2. The van der Waals surface area contributed by atoms with E-state index in [1.165, 1.54) is 12.1 Å². The molecule has 0 aliphatic rings. The second kappa shape index (κ2) is 6.39. The number of rotatable bonds is 4. The van der Waals surface area contributed by atoms with Crippen LogP contribution in [0.3, 0.4) is 0 Å². The monoisotopic (exact) mass is 310 g/mol. The molecule has 5 nitrogen and oxygen atoms in total. The molecular formula is C17H15FN4O. The molecule has 3 aromatic rings. The number of carbonyl (C=O) groups excluding carboxylic acids is 1. The van der Waals surface area contributed by atoms with Crippen LogP contribution in [0.2, 0.25) is 0 Å². The molecule has 116 valence electrons.